The minimum Gasteiger partial charge on any atom is -0.324 e. The first-order chi connectivity index (χ1) is 15.3. The third-order valence-electron chi connectivity index (χ3n) is 4.73. The molecule has 4 rings (SSSR count). The van der Waals surface area contributed by atoms with E-state index >= 15 is 0 Å². The molecule has 6 nitrogen and oxygen atoms in total. The largest absolute Gasteiger partial charge is 0.324 e. The summed E-state index contributed by atoms with van der Waals surface area (Å²) < 4.78 is 1.43. The minimum absolute atomic E-state index is 0.250. The first-order valence-corrected chi connectivity index (χ1v) is 11.3. The van der Waals surface area contributed by atoms with Crippen molar-refractivity contribution in [1.29, 1.82) is 0 Å². The number of fused-ring (bicyclic) bond motifs is 1. The number of aryl methyl sites for hydroxylation is 1. The molecule has 2 aromatic carbocycles. The van der Waals surface area contributed by atoms with Gasteiger partial charge in [0, 0.05) is 6.20 Å². The van der Waals surface area contributed by atoms with Crippen LogP contribution in [0.4, 0.5) is 5.69 Å². The number of aromatic nitrogens is 3. The van der Waals surface area contributed by atoms with Crippen molar-refractivity contribution in [2.45, 2.75) is 24.3 Å². The van der Waals surface area contributed by atoms with E-state index in [1.165, 1.54) is 4.57 Å². The van der Waals surface area contributed by atoms with Crippen molar-refractivity contribution < 1.29 is 4.79 Å². The van der Waals surface area contributed by atoms with E-state index < -0.39 is 5.25 Å². The van der Waals surface area contributed by atoms with Gasteiger partial charge in [-0.05, 0) is 49.7 Å². The maximum atomic E-state index is 13.3. The number of pyridine rings is 1. The highest BCUT2D eigenvalue weighted by molar-refractivity contribution is 8.00. The number of halogens is 2. The number of hydrogen-bond donors (Lipinski definition) is 1. The molecule has 1 atom stereocenters. The quantitative estimate of drug-likeness (QED) is 0.298. The Hall–Kier alpha value is -2.87. The van der Waals surface area contributed by atoms with Crippen LogP contribution < -0.4 is 10.9 Å². The van der Waals surface area contributed by atoms with Gasteiger partial charge in [-0.25, -0.2) is 14.5 Å². The molecule has 0 aliphatic carbocycles. The molecule has 0 aliphatic heterocycles. The number of nitrogens with zero attached hydrogens (tertiary/aromatic N) is 3. The van der Waals surface area contributed by atoms with Crippen molar-refractivity contribution in [2.75, 3.05) is 5.32 Å². The number of nitrogens with one attached hydrogen (secondary N) is 1. The zero-order valence-electron chi connectivity index (χ0n) is 17.2. The van der Waals surface area contributed by atoms with E-state index in [4.69, 9.17) is 23.2 Å². The summed E-state index contributed by atoms with van der Waals surface area (Å²) in [4.78, 5) is 35.2. The summed E-state index contributed by atoms with van der Waals surface area (Å²) in [5, 5.41) is 3.65. The smallest absolute Gasteiger partial charge is 0.267 e. The van der Waals surface area contributed by atoms with Gasteiger partial charge >= 0.3 is 0 Å². The van der Waals surface area contributed by atoms with Crippen LogP contribution in [0.15, 0.2) is 70.7 Å². The molecule has 4 aromatic rings. The van der Waals surface area contributed by atoms with E-state index in [2.05, 4.69) is 15.3 Å². The van der Waals surface area contributed by atoms with Gasteiger partial charge in [0.25, 0.3) is 5.56 Å². The molecule has 2 heterocycles. The number of carbonyl (C=O) groups excluding carboxylic acids is 1. The van der Waals surface area contributed by atoms with Gasteiger partial charge in [-0.2, -0.15) is 0 Å². The van der Waals surface area contributed by atoms with Crippen LogP contribution in [-0.2, 0) is 4.79 Å². The number of benzene rings is 2. The zero-order valence-corrected chi connectivity index (χ0v) is 19.5. The number of amides is 1. The molecule has 0 fully saturated rings. The average Bonchev–Trinajstić information content (AvgIpc) is 2.78. The fourth-order valence-electron chi connectivity index (χ4n) is 3.03. The van der Waals surface area contributed by atoms with Crippen LogP contribution in [-0.4, -0.2) is 25.7 Å². The lowest BCUT2D eigenvalue weighted by atomic mass is 10.2. The molecule has 0 spiro atoms. The molecule has 0 radical (unpaired) electrons. The molecule has 0 aliphatic rings. The van der Waals surface area contributed by atoms with E-state index in [0.717, 1.165) is 17.3 Å². The fourth-order valence-corrected chi connectivity index (χ4v) is 4.29. The molecule has 2 aromatic heterocycles. The molecule has 1 N–H and O–H groups in total. The van der Waals surface area contributed by atoms with Gasteiger partial charge in [0.05, 0.1) is 31.9 Å². The highest BCUT2D eigenvalue weighted by Gasteiger charge is 2.21. The zero-order chi connectivity index (χ0) is 22.8. The molecule has 0 saturated heterocycles. The fraction of sp³-hybridized carbons (Fsp3) is 0.130. The summed E-state index contributed by atoms with van der Waals surface area (Å²) in [5.74, 6) is 0.136. The van der Waals surface area contributed by atoms with Crippen LogP contribution in [0.25, 0.3) is 16.7 Å². The second kappa shape index (κ2) is 9.32. The first kappa shape index (κ1) is 22.3. The summed E-state index contributed by atoms with van der Waals surface area (Å²) in [6.07, 6.45) is 1.68. The number of carbonyl (C=O) groups is 1. The van der Waals surface area contributed by atoms with Gasteiger partial charge in [-0.15, -0.1) is 0 Å². The summed E-state index contributed by atoms with van der Waals surface area (Å²) in [7, 11) is 0. The molecule has 9 heteroatoms. The molecular weight excluding hydrogens is 467 g/mol. The third-order valence-corrected chi connectivity index (χ3v) is 6.60. The Morgan fingerprint density at radius 3 is 2.62 bits per heavy atom. The summed E-state index contributed by atoms with van der Waals surface area (Å²) in [6, 6.07) is 15.7. The Morgan fingerprint density at radius 1 is 1.09 bits per heavy atom. The molecule has 1 unspecified atom stereocenters. The second-order valence-electron chi connectivity index (χ2n) is 7.10. The second-order valence-corrected chi connectivity index (χ2v) is 9.19. The average molecular weight is 485 g/mol. The monoisotopic (exact) mass is 484 g/mol. The predicted molar refractivity (Wildman–Crippen MR) is 130 cm³/mol. The molecule has 32 heavy (non-hydrogen) atoms. The van der Waals surface area contributed by atoms with Gasteiger partial charge in [0.2, 0.25) is 5.91 Å². The summed E-state index contributed by atoms with van der Waals surface area (Å²) in [6.45, 7) is 3.65. The Morgan fingerprint density at radius 2 is 1.88 bits per heavy atom. The normalized spacial score (nSPS) is 12.0. The molecular formula is C23H18Cl2N4O2S. The number of para-hydroxylation sites is 1. The van der Waals surface area contributed by atoms with Crippen LogP contribution in [0.1, 0.15) is 12.5 Å². The lowest BCUT2D eigenvalue weighted by Gasteiger charge is -2.16. The van der Waals surface area contributed by atoms with Crippen LogP contribution in [0.3, 0.4) is 0 Å². The van der Waals surface area contributed by atoms with Crippen LogP contribution in [0.2, 0.25) is 10.0 Å². The Balaban J connectivity index is 1.72. The van der Waals surface area contributed by atoms with E-state index in [9.17, 15) is 9.59 Å². The number of hydrogen-bond acceptors (Lipinski definition) is 5. The van der Waals surface area contributed by atoms with E-state index in [1.54, 1.807) is 55.6 Å². The van der Waals surface area contributed by atoms with Crippen molar-refractivity contribution in [3.05, 3.63) is 86.8 Å². The van der Waals surface area contributed by atoms with Crippen molar-refractivity contribution in [3.8, 4) is 5.82 Å². The molecule has 162 valence electrons. The SMILES string of the molecule is Cc1ccc(-n2c(SC(C)C(=O)Nc3cccc(Cl)c3Cl)nc3ccccc3c2=O)nc1. The van der Waals surface area contributed by atoms with Crippen molar-refractivity contribution >= 4 is 57.5 Å². The Labute approximate surface area is 198 Å². The van der Waals surface area contributed by atoms with Gasteiger partial charge in [-0.3, -0.25) is 9.59 Å². The van der Waals surface area contributed by atoms with Crippen LogP contribution in [0, 0.1) is 6.92 Å². The van der Waals surface area contributed by atoms with Crippen LogP contribution in [0.5, 0.6) is 0 Å². The summed E-state index contributed by atoms with van der Waals surface area (Å²) >= 11 is 13.4. The molecule has 0 bridgehead atoms. The number of thioether (sulfide) groups is 1. The first-order valence-electron chi connectivity index (χ1n) is 9.71. The van der Waals surface area contributed by atoms with Gasteiger partial charge in [0.15, 0.2) is 5.16 Å². The standard InChI is InChI=1S/C23H18Cl2N4O2S/c1-13-10-11-19(26-12-13)29-22(31)15-6-3-4-8-17(15)28-23(29)32-14(2)21(30)27-18-9-5-7-16(24)20(18)25/h3-12,14H,1-2H3,(H,27,30). The van der Waals surface area contributed by atoms with E-state index in [1.807, 2.05) is 19.1 Å². The number of rotatable bonds is 5. The Bertz CT molecular complexity index is 1370. The maximum absolute atomic E-state index is 13.3. The van der Waals surface area contributed by atoms with Crippen LogP contribution >= 0.6 is 35.0 Å². The van der Waals surface area contributed by atoms with Gasteiger partial charge < -0.3 is 5.32 Å². The Kier molecular flexibility index (Phi) is 6.50. The third kappa shape index (κ3) is 4.50. The molecule has 1 amide bonds. The molecule has 0 saturated carbocycles. The summed E-state index contributed by atoms with van der Waals surface area (Å²) in [5.41, 5.74) is 1.69. The van der Waals surface area contributed by atoms with E-state index in [-0.39, 0.29) is 16.5 Å². The number of anilines is 1. The van der Waals surface area contributed by atoms with Gasteiger partial charge in [-0.1, -0.05) is 59.2 Å². The van der Waals surface area contributed by atoms with Gasteiger partial charge in [0.1, 0.15) is 5.82 Å². The lowest BCUT2D eigenvalue weighted by molar-refractivity contribution is -0.115. The minimum atomic E-state index is -0.588. The van der Waals surface area contributed by atoms with E-state index in [0.29, 0.717) is 32.6 Å². The maximum Gasteiger partial charge on any atom is 0.267 e. The van der Waals surface area contributed by atoms with Crippen molar-refractivity contribution in [2.24, 2.45) is 0 Å². The predicted octanol–water partition coefficient (Wildman–Crippen LogP) is 5.52. The van der Waals surface area contributed by atoms with Crippen molar-refractivity contribution in [3.63, 3.8) is 0 Å². The van der Waals surface area contributed by atoms with Crippen molar-refractivity contribution in [1.82, 2.24) is 14.5 Å². The topological polar surface area (TPSA) is 76.9 Å². The highest BCUT2D eigenvalue weighted by atomic mass is 35.5. The highest BCUT2D eigenvalue weighted by Crippen LogP contribution is 2.31. The lowest BCUT2D eigenvalue weighted by Crippen LogP contribution is -2.26.